The van der Waals surface area contributed by atoms with Crippen molar-refractivity contribution in [1.29, 1.82) is 0 Å². The second-order valence-corrected chi connectivity index (χ2v) is 4.25. The summed E-state index contributed by atoms with van der Waals surface area (Å²) in [5.41, 5.74) is 1.02. The Morgan fingerprint density at radius 1 is 1.30 bits per heavy atom. The zero-order chi connectivity index (χ0) is 14.2. The third kappa shape index (κ3) is 4.02. The minimum Gasteiger partial charge on any atom is -0.483 e. The molecular formula is C16H17NO3. The monoisotopic (exact) mass is 271 g/mol. The van der Waals surface area contributed by atoms with Crippen LogP contribution in [0, 0.1) is 0 Å². The molecule has 1 heterocycles. The highest BCUT2D eigenvalue weighted by molar-refractivity contribution is 5.77. The first-order chi connectivity index (χ1) is 9.79. The maximum Gasteiger partial charge on any atom is 0.258 e. The molecule has 0 unspecified atom stereocenters. The Morgan fingerprint density at radius 2 is 2.15 bits per heavy atom. The lowest BCUT2D eigenvalue weighted by molar-refractivity contribution is -0.123. The first kappa shape index (κ1) is 13.9. The van der Waals surface area contributed by atoms with Crippen LogP contribution in [0.3, 0.4) is 0 Å². The summed E-state index contributed by atoms with van der Waals surface area (Å²) in [5.74, 6) is 1.24. The molecule has 0 saturated heterocycles. The lowest BCUT2D eigenvalue weighted by Gasteiger charge is -2.10. The minimum atomic E-state index is -0.185. The van der Waals surface area contributed by atoms with Gasteiger partial charge in [0.1, 0.15) is 11.5 Å². The van der Waals surface area contributed by atoms with Crippen LogP contribution in [0.4, 0.5) is 0 Å². The highest BCUT2D eigenvalue weighted by Crippen LogP contribution is 2.18. The van der Waals surface area contributed by atoms with Crippen molar-refractivity contribution in [2.75, 3.05) is 6.61 Å². The van der Waals surface area contributed by atoms with E-state index in [4.69, 9.17) is 9.15 Å². The van der Waals surface area contributed by atoms with E-state index in [-0.39, 0.29) is 12.5 Å². The summed E-state index contributed by atoms with van der Waals surface area (Å²) >= 11 is 0. The van der Waals surface area contributed by atoms with Crippen molar-refractivity contribution < 1.29 is 13.9 Å². The number of allylic oxidation sites excluding steroid dienone is 1. The van der Waals surface area contributed by atoms with Crippen LogP contribution in [-0.4, -0.2) is 12.5 Å². The van der Waals surface area contributed by atoms with Crippen LogP contribution in [0.25, 0.3) is 0 Å². The van der Waals surface area contributed by atoms with Crippen LogP contribution in [-0.2, 0) is 17.8 Å². The number of amides is 1. The second-order valence-electron chi connectivity index (χ2n) is 4.25. The summed E-state index contributed by atoms with van der Waals surface area (Å²) in [6, 6.07) is 11.2. The van der Waals surface area contributed by atoms with Crippen molar-refractivity contribution in [1.82, 2.24) is 5.32 Å². The van der Waals surface area contributed by atoms with Crippen LogP contribution in [0.15, 0.2) is 59.7 Å². The molecule has 4 nitrogen and oxygen atoms in total. The van der Waals surface area contributed by atoms with Gasteiger partial charge in [0.2, 0.25) is 0 Å². The number of benzene rings is 1. The van der Waals surface area contributed by atoms with E-state index in [2.05, 4.69) is 11.9 Å². The van der Waals surface area contributed by atoms with Crippen molar-refractivity contribution >= 4 is 5.91 Å². The smallest absolute Gasteiger partial charge is 0.258 e. The van der Waals surface area contributed by atoms with Gasteiger partial charge < -0.3 is 14.5 Å². The normalized spacial score (nSPS) is 10.0. The summed E-state index contributed by atoms with van der Waals surface area (Å²) in [5, 5.41) is 2.73. The third-order valence-electron chi connectivity index (χ3n) is 2.74. The molecular weight excluding hydrogens is 254 g/mol. The van der Waals surface area contributed by atoms with Crippen LogP contribution >= 0.6 is 0 Å². The molecule has 1 aromatic carbocycles. The molecule has 0 aliphatic carbocycles. The van der Waals surface area contributed by atoms with Crippen LogP contribution in [0.2, 0.25) is 0 Å². The molecule has 1 N–H and O–H groups in total. The number of para-hydroxylation sites is 1. The fraction of sp³-hybridized carbons (Fsp3) is 0.188. The Bertz CT molecular complexity index is 561. The van der Waals surface area contributed by atoms with Crippen molar-refractivity contribution in [3.8, 4) is 5.75 Å². The Labute approximate surface area is 118 Å². The Kier molecular flexibility index (Phi) is 5.00. The summed E-state index contributed by atoms with van der Waals surface area (Å²) < 4.78 is 10.7. The summed E-state index contributed by atoms with van der Waals surface area (Å²) in [4.78, 5) is 11.7. The standard InChI is InChI=1S/C16H17NO3/c1-2-6-13-7-3-4-9-15(13)20-12-16(18)17-11-14-8-5-10-19-14/h2-5,7-10H,1,6,11-12H2,(H,17,18). The Balaban J connectivity index is 1.82. The van der Waals surface area contributed by atoms with Gasteiger partial charge in [0, 0.05) is 0 Å². The molecule has 0 bridgehead atoms. The van der Waals surface area contributed by atoms with Gasteiger partial charge in [0.15, 0.2) is 6.61 Å². The van der Waals surface area contributed by atoms with Gasteiger partial charge in [0.25, 0.3) is 5.91 Å². The molecule has 0 aliphatic heterocycles. The summed E-state index contributed by atoms with van der Waals surface area (Å²) in [6.07, 6.45) is 4.09. The number of carbonyl (C=O) groups is 1. The average Bonchev–Trinajstić information content (AvgIpc) is 2.98. The van der Waals surface area contributed by atoms with E-state index in [1.807, 2.05) is 24.3 Å². The average molecular weight is 271 g/mol. The van der Waals surface area contributed by atoms with Crippen LogP contribution < -0.4 is 10.1 Å². The number of furan rings is 1. The SMILES string of the molecule is C=CCc1ccccc1OCC(=O)NCc1ccco1. The zero-order valence-corrected chi connectivity index (χ0v) is 11.2. The lowest BCUT2D eigenvalue weighted by Crippen LogP contribution is -2.28. The molecule has 20 heavy (non-hydrogen) atoms. The fourth-order valence-electron chi connectivity index (χ4n) is 1.76. The molecule has 0 atom stereocenters. The summed E-state index contributed by atoms with van der Waals surface area (Å²) in [7, 11) is 0. The second kappa shape index (κ2) is 7.19. The maximum absolute atomic E-state index is 11.7. The predicted molar refractivity (Wildman–Crippen MR) is 76.4 cm³/mol. The van der Waals surface area contributed by atoms with Gasteiger partial charge in [-0.15, -0.1) is 6.58 Å². The van der Waals surface area contributed by atoms with E-state index in [0.717, 1.165) is 5.56 Å². The third-order valence-corrected chi connectivity index (χ3v) is 2.74. The maximum atomic E-state index is 11.7. The van der Waals surface area contributed by atoms with Crippen molar-refractivity contribution in [3.63, 3.8) is 0 Å². The number of rotatable bonds is 7. The van der Waals surface area contributed by atoms with E-state index in [9.17, 15) is 4.79 Å². The van der Waals surface area contributed by atoms with E-state index < -0.39 is 0 Å². The molecule has 0 spiro atoms. The predicted octanol–water partition coefficient (Wildman–Crippen LogP) is 2.70. The highest BCUT2D eigenvalue weighted by atomic mass is 16.5. The molecule has 2 rings (SSSR count). The van der Waals surface area contributed by atoms with Gasteiger partial charge >= 0.3 is 0 Å². The van der Waals surface area contributed by atoms with Gasteiger partial charge in [-0.2, -0.15) is 0 Å². The molecule has 0 aliphatic rings. The first-order valence-corrected chi connectivity index (χ1v) is 6.40. The minimum absolute atomic E-state index is 0.0190. The van der Waals surface area contributed by atoms with Crippen LogP contribution in [0.5, 0.6) is 5.75 Å². The number of hydrogen-bond acceptors (Lipinski definition) is 3. The number of hydrogen-bond donors (Lipinski definition) is 1. The van der Waals surface area contributed by atoms with Crippen LogP contribution in [0.1, 0.15) is 11.3 Å². The van der Waals surface area contributed by atoms with Crippen molar-refractivity contribution in [3.05, 3.63) is 66.6 Å². The number of ether oxygens (including phenoxy) is 1. The Hall–Kier alpha value is -2.49. The van der Waals surface area contributed by atoms with Crippen molar-refractivity contribution in [2.45, 2.75) is 13.0 Å². The van der Waals surface area contributed by atoms with E-state index >= 15 is 0 Å². The molecule has 1 amide bonds. The quantitative estimate of drug-likeness (QED) is 0.788. The van der Waals surface area contributed by atoms with Crippen molar-refractivity contribution in [2.24, 2.45) is 0 Å². The highest BCUT2D eigenvalue weighted by Gasteiger charge is 2.06. The molecule has 0 fully saturated rings. The molecule has 2 aromatic rings. The number of nitrogens with one attached hydrogen (secondary N) is 1. The largest absolute Gasteiger partial charge is 0.483 e. The topological polar surface area (TPSA) is 51.5 Å². The molecule has 104 valence electrons. The van der Waals surface area contributed by atoms with Gasteiger partial charge in [-0.25, -0.2) is 0 Å². The molecule has 0 saturated carbocycles. The zero-order valence-electron chi connectivity index (χ0n) is 11.2. The Morgan fingerprint density at radius 3 is 2.90 bits per heavy atom. The molecule has 4 heteroatoms. The van der Waals surface area contributed by atoms with Gasteiger partial charge in [-0.1, -0.05) is 24.3 Å². The molecule has 0 radical (unpaired) electrons. The molecule has 1 aromatic heterocycles. The fourth-order valence-corrected chi connectivity index (χ4v) is 1.76. The first-order valence-electron chi connectivity index (χ1n) is 6.40. The van der Waals surface area contributed by atoms with E-state index in [0.29, 0.717) is 24.5 Å². The van der Waals surface area contributed by atoms with Gasteiger partial charge in [-0.05, 0) is 30.2 Å². The van der Waals surface area contributed by atoms with E-state index in [1.54, 1.807) is 24.5 Å². The van der Waals surface area contributed by atoms with Gasteiger partial charge in [-0.3, -0.25) is 4.79 Å². The lowest BCUT2D eigenvalue weighted by atomic mass is 10.1. The number of carbonyl (C=O) groups excluding carboxylic acids is 1. The van der Waals surface area contributed by atoms with E-state index in [1.165, 1.54) is 0 Å². The summed E-state index contributed by atoms with van der Waals surface area (Å²) in [6.45, 7) is 4.05. The van der Waals surface area contributed by atoms with Gasteiger partial charge in [0.05, 0.1) is 12.8 Å².